The number of hydrogen-bond donors (Lipinski definition) is 3. The van der Waals surface area contributed by atoms with Gasteiger partial charge in [-0.05, 0) is 90.9 Å². The van der Waals surface area contributed by atoms with E-state index in [4.69, 9.17) is 9.47 Å². The zero-order valence-corrected chi connectivity index (χ0v) is 25.2. The highest BCUT2D eigenvalue weighted by molar-refractivity contribution is 7.98. The minimum Gasteiger partial charge on any atom is -0.477 e. The van der Waals surface area contributed by atoms with Gasteiger partial charge < -0.3 is 9.47 Å². The highest BCUT2D eigenvalue weighted by atomic mass is 32.2. The highest BCUT2D eigenvalue weighted by Crippen LogP contribution is 2.59. The van der Waals surface area contributed by atoms with E-state index in [1.165, 1.54) is 19.3 Å². The fraction of sp³-hybridized carbons (Fsp3) is 0.897. The van der Waals surface area contributed by atoms with Crippen LogP contribution >= 0.6 is 11.9 Å². The summed E-state index contributed by atoms with van der Waals surface area (Å²) in [6.07, 6.45) is 8.46. The molecule has 5 heterocycles. The second-order valence-electron chi connectivity index (χ2n) is 13.4. The molecular weight excluding hydrogens is 553 g/mol. The Morgan fingerprint density at radius 3 is 2.73 bits per heavy atom. The Morgan fingerprint density at radius 1 is 1.07 bits per heavy atom. The van der Waals surface area contributed by atoms with E-state index in [0.717, 1.165) is 51.7 Å². The van der Waals surface area contributed by atoms with Crippen LogP contribution in [0.2, 0.25) is 0 Å². The SMILES string of the molecule is CC1(C)CCC2CCCOC3CCCC(N3)SNCC3CCC(n4ccc(OCCC5(C(F)(F)F)CC5)n4)NC3N21. The van der Waals surface area contributed by atoms with Gasteiger partial charge in [0.2, 0.25) is 5.88 Å². The van der Waals surface area contributed by atoms with Crippen LogP contribution in [0.4, 0.5) is 13.2 Å². The van der Waals surface area contributed by atoms with Crippen molar-refractivity contribution in [1.82, 2.24) is 30.0 Å². The lowest BCUT2D eigenvalue weighted by Gasteiger charge is -2.49. The number of alkyl halides is 3. The summed E-state index contributed by atoms with van der Waals surface area (Å²) < 4.78 is 57.4. The van der Waals surface area contributed by atoms with Crippen LogP contribution in [-0.4, -0.2) is 70.0 Å². The van der Waals surface area contributed by atoms with Crippen molar-refractivity contribution in [2.75, 3.05) is 19.8 Å². The third-order valence-electron chi connectivity index (χ3n) is 10.2. The molecule has 0 amide bonds. The highest BCUT2D eigenvalue weighted by Gasteiger charge is 2.62. The number of piperidine rings is 2. The molecule has 1 saturated carbocycles. The number of aromatic nitrogens is 2. The van der Waals surface area contributed by atoms with E-state index in [2.05, 4.69) is 39.2 Å². The lowest BCUT2D eigenvalue weighted by molar-refractivity contribution is -0.190. The molecule has 5 fully saturated rings. The number of halogens is 3. The van der Waals surface area contributed by atoms with Crippen LogP contribution < -0.4 is 20.1 Å². The predicted molar refractivity (Wildman–Crippen MR) is 153 cm³/mol. The summed E-state index contributed by atoms with van der Waals surface area (Å²) >= 11 is 1.81. The Labute approximate surface area is 246 Å². The average Bonchev–Trinajstić information content (AvgIpc) is 3.49. The minimum atomic E-state index is -4.15. The monoisotopic (exact) mass is 600 g/mol. The number of nitrogens with zero attached hydrogens (tertiary/aromatic N) is 3. The summed E-state index contributed by atoms with van der Waals surface area (Å²) in [7, 11) is 0. The van der Waals surface area contributed by atoms with Gasteiger partial charge in [-0.1, -0.05) is 11.9 Å². The molecule has 232 valence electrons. The summed E-state index contributed by atoms with van der Waals surface area (Å²) in [5.41, 5.74) is -1.46. The van der Waals surface area contributed by atoms with Crippen molar-refractivity contribution in [3.05, 3.63) is 12.3 Å². The summed E-state index contributed by atoms with van der Waals surface area (Å²) in [5.74, 6) is 0.842. The molecule has 1 aliphatic carbocycles. The first-order valence-corrected chi connectivity index (χ1v) is 16.6. The Kier molecular flexibility index (Phi) is 8.89. The molecule has 1 aromatic heterocycles. The molecule has 12 heteroatoms. The normalized spacial score (nSPS) is 36.1. The van der Waals surface area contributed by atoms with Crippen molar-refractivity contribution in [3.63, 3.8) is 0 Å². The Balaban J connectivity index is 1.13. The van der Waals surface area contributed by atoms with Crippen molar-refractivity contribution < 1.29 is 22.6 Å². The van der Waals surface area contributed by atoms with Gasteiger partial charge >= 0.3 is 6.18 Å². The van der Waals surface area contributed by atoms with Gasteiger partial charge in [-0.25, -0.2) is 0 Å². The molecule has 1 aromatic rings. The zero-order chi connectivity index (χ0) is 28.7. The van der Waals surface area contributed by atoms with Crippen LogP contribution in [0.3, 0.4) is 0 Å². The summed E-state index contributed by atoms with van der Waals surface area (Å²) in [5, 5.41) is 12.7. The Morgan fingerprint density at radius 2 is 1.93 bits per heavy atom. The lowest BCUT2D eigenvalue weighted by Crippen LogP contribution is -2.62. The quantitative estimate of drug-likeness (QED) is 0.381. The molecule has 0 aromatic carbocycles. The van der Waals surface area contributed by atoms with Gasteiger partial charge in [-0.15, -0.1) is 5.10 Å². The van der Waals surface area contributed by atoms with Crippen molar-refractivity contribution >= 4 is 11.9 Å². The van der Waals surface area contributed by atoms with E-state index in [0.29, 0.717) is 23.2 Å². The topological polar surface area (TPSA) is 75.6 Å². The first kappa shape index (κ1) is 30.0. The fourth-order valence-corrected chi connectivity index (χ4v) is 8.50. The van der Waals surface area contributed by atoms with Crippen LogP contribution in [0.5, 0.6) is 5.88 Å². The molecule has 8 nitrogen and oxygen atoms in total. The van der Waals surface area contributed by atoms with E-state index in [1.807, 2.05) is 22.8 Å². The number of hydrogen-bond acceptors (Lipinski definition) is 8. The molecule has 4 aliphatic heterocycles. The van der Waals surface area contributed by atoms with Gasteiger partial charge in [0.1, 0.15) is 12.4 Å². The third-order valence-corrected chi connectivity index (χ3v) is 11.2. The molecule has 6 unspecified atom stereocenters. The van der Waals surface area contributed by atoms with Gasteiger partial charge in [0.15, 0.2) is 0 Å². The van der Waals surface area contributed by atoms with Gasteiger partial charge in [0.25, 0.3) is 0 Å². The predicted octanol–water partition coefficient (Wildman–Crippen LogP) is 5.54. The third kappa shape index (κ3) is 6.72. The van der Waals surface area contributed by atoms with Crippen molar-refractivity contribution in [2.45, 2.75) is 133 Å². The molecule has 3 N–H and O–H groups in total. The standard InChI is InChI=1S/C29H47F3N6O2S/c1-27(2)12-10-21-5-4-17-39-23-6-3-7-25(35-23)41-33-19-20-8-9-22(34-26(20)38(21)27)37-16-11-24(36-37)40-18-15-28(13-14-28)29(30,31)32/h11,16,20-23,25-26,33-35H,3-10,12-15,17-19H2,1-2H3. The van der Waals surface area contributed by atoms with Crippen LogP contribution in [-0.2, 0) is 4.74 Å². The van der Waals surface area contributed by atoms with E-state index >= 15 is 0 Å². The first-order valence-electron chi connectivity index (χ1n) is 15.7. The summed E-state index contributed by atoms with van der Waals surface area (Å²) in [6, 6.07) is 2.27. The smallest absolute Gasteiger partial charge is 0.394 e. The van der Waals surface area contributed by atoms with Crippen molar-refractivity contribution in [3.8, 4) is 5.88 Å². The second-order valence-corrected chi connectivity index (χ2v) is 14.5. The summed E-state index contributed by atoms with van der Waals surface area (Å²) in [6.45, 7) is 6.49. The van der Waals surface area contributed by atoms with Gasteiger partial charge in [0, 0.05) is 42.9 Å². The Hall–Kier alpha value is -1.05. The molecular formula is C29H47F3N6O2S. The van der Waals surface area contributed by atoms with Crippen LogP contribution in [0, 0.1) is 11.3 Å². The maximum Gasteiger partial charge on any atom is 0.394 e. The fourth-order valence-electron chi connectivity index (χ4n) is 7.48. The van der Waals surface area contributed by atoms with Gasteiger partial charge in [-0.3, -0.25) is 24.9 Å². The number of fused-ring (bicyclic) bond motifs is 5. The van der Waals surface area contributed by atoms with Gasteiger partial charge in [0.05, 0.1) is 23.6 Å². The molecule has 0 spiro atoms. The molecule has 0 radical (unpaired) electrons. The number of ether oxygens (including phenoxy) is 2. The number of rotatable bonds is 5. The van der Waals surface area contributed by atoms with E-state index in [-0.39, 0.29) is 50.0 Å². The maximum atomic E-state index is 13.3. The number of nitrogens with one attached hydrogen (secondary N) is 3. The van der Waals surface area contributed by atoms with Crippen LogP contribution in [0.25, 0.3) is 0 Å². The lowest BCUT2D eigenvalue weighted by atomic mass is 9.90. The first-order chi connectivity index (χ1) is 19.6. The van der Waals surface area contributed by atoms with Crippen molar-refractivity contribution in [2.24, 2.45) is 11.3 Å². The zero-order valence-electron chi connectivity index (χ0n) is 24.4. The van der Waals surface area contributed by atoms with Gasteiger partial charge in [-0.2, -0.15) is 13.2 Å². The van der Waals surface area contributed by atoms with E-state index in [1.54, 1.807) is 6.07 Å². The molecule has 41 heavy (non-hydrogen) atoms. The van der Waals surface area contributed by atoms with Crippen LogP contribution in [0.15, 0.2) is 12.3 Å². The maximum absolute atomic E-state index is 13.3. The van der Waals surface area contributed by atoms with E-state index < -0.39 is 11.6 Å². The van der Waals surface area contributed by atoms with Crippen LogP contribution in [0.1, 0.15) is 97.1 Å². The molecule has 4 saturated heterocycles. The average molecular weight is 601 g/mol. The molecule has 6 rings (SSSR count). The summed E-state index contributed by atoms with van der Waals surface area (Å²) in [4.78, 5) is 2.74. The van der Waals surface area contributed by atoms with E-state index in [9.17, 15) is 13.2 Å². The molecule has 5 aliphatic rings. The Bertz CT molecular complexity index is 1020. The molecule has 2 bridgehead atoms. The van der Waals surface area contributed by atoms with Crippen molar-refractivity contribution in [1.29, 1.82) is 0 Å². The minimum absolute atomic E-state index is 0.00578. The second kappa shape index (κ2) is 12.1. The molecule has 6 atom stereocenters. The largest absolute Gasteiger partial charge is 0.477 e.